The van der Waals surface area contributed by atoms with E-state index in [4.69, 9.17) is 4.74 Å². The van der Waals surface area contributed by atoms with Gasteiger partial charge in [-0.05, 0) is 50.6 Å². The highest BCUT2D eigenvalue weighted by molar-refractivity contribution is 5.20. The Labute approximate surface area is 116 Å². The van der Waals surface area contributed by atoms with Crippen molar-refractivity contribution in [3.63, 3.8) is 0 Å². The number of ether oxygens (including phenoxy) is 1. The van der Waals surface area contributed by atoms with E-state index in [1.807, 2.05) is 12.3 Å². The van der Waals surface area contributed by atoms with Crippen molar-refractivity contribution >= 4 is 0 Å². The molecule has 3 nitrogen and oxygen atoms in total. The Morgan fingerprint density at radius 1 is 1.32 bits per heavy atom. The van der Waals surface area contributed by atoms with Crippen LogP contribution in [0, 0.1) is 5.92 Å². The summed E-state index contributed by atoms with van der Waals surface area (Å²) in [5, 5.41) is 3.39. The molecule has 0 aliphatic heterocycles. The van der Waals surface area contributed by atoms with Crippen LogP contribution >= 0.6 is 0 Å². The van der Waals surface area contributed by atoms with E-state index < -0.39 is 0 Å². The first kappa shape index (κ1) is 14.3. The lowest BCUT2D eigenvalue weighted by Crippen LogP contribution is -2.23. The standard InChI is InChI=1S/C16H26N2O/c1-4-17-13(3)14-7-10-16(18-11-14)19-15-8-5-12(2)6-9-15/h7,10-13,15,17H,4-6,8-9H2,1-3H3. The molecule has 106 valence electrons. The van der Waals surface area contributed by atoms with Gasteiger partial charge in [-0.1, -0.05) is 19.9 Å². The Kier molecular flexibility index (Phi) is 5.20. The second-order valence-corrected chi connectivity index (χ2v) is 5.71. The van der Waals surface area contributed by atoms with Crippen molar-refractivity contribution in [3.8, 4) is 5.88 Å². The third kappa shape index (κ3) is 4.20. The van der Waals surface area contributed by atoms with E-state index in [1.54, 1.807) is 0 Å². The van der Waals surface area contributed by atoms with Crippen molar-refractivity contribution in [2.45, 2.75) is 58.6 Å². The molecule has 1 aliphatic carbocycles. The van der Waals surface area contributed by atoms with Gasteiger partial charge in [0.1, 0.15) is 6.10 Å². The van der Waals surface area contributed by atoms with Gasteiger partial charge in [0.25, 0.3) is 0 Å². The van der Waals surface area contributed by atoms with Crippen LogP contribution in [0.3, 0.4) is 0 Å². The molecule has 1 heterocycles. The number of nitrogens with zero attached hydrogens (tertiary/aromatic N) is 1. The van der Waals surface area contributed by atoms with Crippen LogP contribution in [-0.4, -0.2) is 17.6 Å². The molecule has 1 N–H and O–H groups in total. The van der Waals surface area contributed by atoms with Gasteiger partial charge in [-0.25, -0.2) is 4.98 Å². The summed E-state index contributed by atoms with van der Waals surface area (Å²) < 4.78 is 5.97. The third-order valence-electron chi connectivity index (χ3n) is 4.02. The molecule has 0 spiro atoms. The van der Waals surface area contributed by atoms with Gasteiger partial charge in [0.15, 0.2) is 0 Å². The number of hydrogen-bond acceptors (Lipinski definition) is 3. The maximum atomic E-state index is 5.97. The largest absolute Gasteiger partial charge is 0.474 e. The van der Waals surface area contributed by atoms with Gasteiger partial charge in [-0.15, -0.1) is 0 Å². The predicted molar refractivity (Wildman–Crippen MR) is 78.4 cm³/mol. The number of aromatic nitrogens is 1. The van der Waals surface area contributed by atoms with E-state index >= 15 is 0 Å². The molecule has 1 aromatic heterocycles. The molecule has 1 unspecified atom stereocenters. The Hall–Kier alpha value is -1.09. The van der Waals surface area contributed by atoms with Crippen molar-refractivity contribution in [3.05, 3.63) is 23.9 Å². The number of nitrogens with one attached hydrogen (secondary N) is 1. The third-order valence-corrected chi connectivity index (χ3v) is 4.02. The van der Waals surface area contributed by atoms with Gasteiger partial charge in [-0.3, -0.25) is 0 Å². The molecular formula is C16H26N2O. The SMILES string of the molecule is CCNC(C)c1ccc(OC2CCC(C)CC2)nc1. The van der Waals surface area contributed by atoms with E-state index in [0.717, 1.165) is 18.3 Å². The van der Waals surface area contributed by atoms with Gasteiger partial charge in [0.2, 0.25) is 5.88 Å². The average molecular weight is 262 g/mol. The Balaban J connectivity index is 1.88. The summed E-state index contributed by atoms with van der Waals surface area (Å²) in [5.74, 6) is 1.63. The summed E-state index contributed by atoms with van der Waals surface area (Å²) in [6.07, 6.45) is 7.17. The molecule has 19 heavy (non-hydrogen) atoms. The highest BCUT2D eigenvalue weighted by Crippen LogP contribution is 2.26. The van der Waals surface area contributed by atoms with Crippen LogP contribution < -0.4 is 10.1 Å². The summed E-state index contributed by atoms with van der Waals surface area (Å²) in [7, 11) is 0. The van der Waals surface area contributed by atoms with E-state index in [1.165, 1.54) is 31.2 Å². The summed E-state index contributed by atoms with van der Waals surface area (Å²) >= 11 is 0. The van der Waals surface area contributed by atoms with Gasteiger partial charge in [-0.2, -0.15) is 0 Å². The van der Waals surface area contributed by atoms with Gasteiger partial charge < -0.3 is 10.1 Å². The fourth-order valence-electron chi connectivity index (χ4n) is 2.66. The molecule has 3 heteroatoms. The predicted octanol–water partition coefficient (Wildman–Crippen LogP) is 3.71. The summed E-state index contributed by atoms with van der Waals surface area (Å²) in [4.78, 5) is 4.43. The van der Waals surface area contributed by atoms with Crippen molar-refractivity contribution in [1.82, 2.24) is 10.3 Å². The lowest BCUT2D eigenvalue weighted by atomic mass is 9.89. The maximum Gasteiger partial charge on any atom is 0.213 e. The van der Waals surface area contributed by atoms with Crippen LogP contribution in [0.15, 0.2) is 18.3 Å². The molecule has 1 aliphatic rings. The highest BCUT2D eigenvalue weighted by Gasteiger charge is 2.19. The monoisotopic (exact) mass is 262 g/mol. The molecule has 2 rings (SSSR count). The molecule has 0 saturated heterocycles. The second-order valence-electron chi connectivity index (χ2n) is 5.71. The first-order chi connectivity index (χ1) is 9.19. The zero-order valence-electron chi connectivity index (χ0n) is 12.4. The molecule has 1 saturated carbocycles. The quantitative estimate of drug-likeness (QED) is 0.878. The first-order valence-corrected chi connectivity index (χ1v) is 7.55. The van der Waals surface area contributed by atoms with Crippen LogP contribution in [0.5, 0.6) is 5.88 Å². The minimum atomic E-state index is 0.349. The Morgan fingerprint density at radius 2 is 2.05 bits per heavy atom. The topological polar surface area (TPSA) is 34.1 Å². The highest BCUT2D eigenvalue weighted by atomic mass is 16.5. The van der Waals surface area contributed by atoms with Crippen LogP contribution in [0.4, 0.5) is 0 Å². The Bertz CT molecular complexity index is 369. The van der Waals surface area contributed by atoms with Crippen LogP contribution in [0.2, 0.25) is 0 Å². The fourth-order valence-corrected chi connectivity index (χ4v) is 2.66. The lowest BCUT2D eigenvalue weighted by molar-refractivity contribution is 0.130. The van der Waals surface area contributed by atoms with Crippen LogP contribution in [-0.2, 0) is 0 Å². The molecule has 0 aromatic carbocycles. The average Bonchev–Trinajstić information content (AvgIpc) is 2.42. The first-order valence-electron chi connectivity index (χ1n) is 7.55. The lowest BCUT2D eigenvalue weighted by Gasteiger charge is -2.26. The summed E-state index contributed by atoms with van der Waals surface area (Å²) in [6, 6.07) is 4.46. The van der Waals surface area contributed by atoms with E-state index in [9.17, 15) is 0 Å². The molecule has 0 amide bonds. The zero-order valence-corrected chi connectivity index (χ0v) is 12.4. The van der Waals surface area contributed by atoms with E-state index in [-0.39, 0.29) is 0 Å². The van der Waals surface area contributed by atoms with Crippen molar-refractivity contribution in [1.29, 1.82) is 0 Å². The van der Waals surface area contributed by atoms with Gasteiger partial charge >= 0.3 is 0 Å². The smallest absolute Gasteiger partial charge is 0.213 e. The molecule has 1 atom stereocenters. The van der Waals surface area contributed by atoms with Crippen molar-refractivity contribution in [2.75, 3.05) is 6.54 Å². The summed E-state index contributed by atoms with van der Waals surface area (Å²) in [5.41, 5.74) is 1.21. The number of rotatable bonds is 5. The minimum absolute atomic E-state index is 0.349. The number of hydrogen-bond donors (Lipinski definition) is 1. The van der Waals surface area contributed by atoms with Crippen molar-refractivity contribution < 1.29 is 4.74 Å². The van der Waals surface area contributed by atoms with Crippen LogP contribution in [0.25, 0.3) is 0 Å². The molecule has 0 radical (unpaired) electrons. The van der Waals surface area contributed by atoms with E-state index in [2.05, 4.69) is 37.1 Å². The van der Waals surface area contributed by atoms with Gasteiger partial charge in [0, 0.05) is 18.3 Å². The maximum absolute atomic E-state index is 5.97. The van der Waals surface area contributed by atoms with Gasteiger partial charge in [0.05, 0.1) is 0 Å². The van der Waals surface area contributed by atoms with E-state index in [0.29, 0.717) is 12.1 Å². The Morgan fingerprint density at radius 3 is 2.63 bits per heavy atom. The normalized spacial score (nSPS) is 25.0. The zero-order chi connectivity index (χ0) is 13.7. The minimum Gasteiger partial charge on any atom is -0.474 e. The molecular weight excluding hydrogens is 236 g/mol. The summed E-state index contributed by atoms with van der Waals surface area (Å²) in [6.45, 7) is 7.57. The number of pyridine rings is 1. The molecule has 1 aromatic rings. The second kappa shape index (κ2) is 6.90. The van der Waals surface area contributed by atoms with Crippen molar-refractivity contribution in [2.24, 2.45) is 5.92 Å². The van der Waals surface area contributed by atoms with Crippen LogP contribution in [0.1, 0.15) is 58.1 Å². The molecule has 1 fully saturated rings. The molecule has 0 bridgehead atoms. The fraction of sp³-hybridized carbons (Fsp3) is 0.688.